The van der Waals surface area contributed by atoms with Crippen molar-refractivity contribution in [1.82, 2.24) is 0 Å². The second-order valence-electron chi connectivity index (χ2n) is 3.48. The van der Waals surface area contributed by atoms with E-state index in [9.17, 15) is 44.1 Å². The Bertz CT molecular complexity index is 339. The van der Waals surface area contributed by atoms with Crippen LogP contribution in [0.15, 0.2) is 0 Å². The van der Waals surface area contributed by atoms with E-state index in [-0.39, 0.29) is 0 Å². The molecule has 0 rings (SSSR count). The van der Waals surface area contributed by atoms with Crippen molar-refractivity contribution < 1.29 is 57.9 Å². The normalized spacial score (nSPS) is 14.5. The Morgan fingerprint density at radius 3 is 1.29 bits per heavy atom. The van der Waals surface area contributed by atoms with Crippen molar-refractivity contribution in [1.29, 1.82) is 0 Å². The van der Waals surface area contributed by atoms with Gasteiger partial charge in [-0.2, -0.15) is 39.5 Å². The van der Waals surface area contributed by atoms with Gasteiger partial charge in [0.1, 0.15) is 13.0 Å². The van der Waals surface area contributed by atoms with Crippen LogP contribution in [0.1, 0.15) is 0 Å². The van der Waals surface area contributed by atoms with E-state index in [1.54, 1.807) is 0 Å². The van der Waals surface area contributed by atoms with E-state index in [4.69, 9.17) is 0 Å². The number of alkyl halides is 9. The average Bonchev–Trinajstić information content (AvgIpc) is 2.20. The molecule has 0 amide bonds. The van der Waals surface area contributed by atoms with Gasteiger partial charge in [0.25, 0.3) is 0 Å². The maximum atomic E-state index is 11.8. The van der Waals surface area contributed by atoms with Crippen LogP contribution < -0.4 is 0 Å². The molecule has 0 unspecified atom stereocenters. The Hall–Kier alpha value is -0.520. The van der Waals surface area contributed by atoms with E-state index in [0.29, 0.717) is 0 Å². The van der Waals surface area contributed by atoms with E-state index < -0.39 is 52.3 Å². The highest BCUT2D eigenvalue weighted by molar-refractivity contribution is 7.53. The van der Waals surface area contributed by atoms with Crippen LogP contribution in [0.4, 0.5) is 39.5 Å². The van der Waals surface area contributed by atoms with Gasteiger partial charge in [0, 0.05) is 0 Å². The van der Waals surface area contributed by atoms with Crippen LogP contribution in [0.3, 0.4) is 0 Å². The molecule has 4 nitrogen and oxygen atoms in total. The molecule has 0 aliphatic carbocycles. The molecule has 0 fully saturated rings. The number of hydrogen-bond acceptors (Lipinski definition) is 4. The van der Waals surface area contributed by atoms with Crippen molar-refractivity contribution >= 4 is 7.60 Å². The predicted octanol–water partition coefficient (Wildman–Crippen LogP) is 3.87. The summed E-state index contributed by atoms with van der Waals surface area (Å²) >= 11 is 0. The molecule has 0 radical (unpaired) electrons. The van der Waals surface area contributed by atoms with Gasteiger partial charge < -0.3 is 4.74 Å². The van der Waals surface area contributed by atoms with Gasteiger partial charge in [-0.3, -0.25) is 13.6 Å². The van der Waals surface area contributed by atoms with E-state index >= 15 is 0 Å². The first kappa shape index (κ1) is 20.5. The van der Waals surface area contributed by atoms with E-state index in [0.717, 1.165) is 0 Å². The summed E-state index contributed by atoms with van der Waals surface area (Å²) in [7, 11) is -5.16. The zero-order valence-electron chi connectivity index (χ0n) is 9.81. The summed E-state index contributed by atoms with van der Waals surface area (Å²) in [5, 5.41) is 0. The van der Waals surface area contributed by atoms with Crippen molar-refractivity contribution in [3.63, 3.8) is 0 Å². The summed E-state index contributed by atoms with van der Waals surface area (Å²) < 4.78 is 129. The second-order valence-corrected chi connectivity index (χ2v) is 5.48. The minimum Gasteiger partial charge on any atom is -0.359 e. The van der Waals surface area contributed by atoms with Gasteiger partial charge in [-0.1, -0.05) is 0 Å². The summed E-state index contributed by atoms with van der Waals surface area (Å²) in [6.07, 6.45) is -16.8. The highest BCUT2D eigenvalue weighted by atomic mass is 31.2. The van der Waals surface area contributed by atoms with E-state index in [1.165, 1.54) is 0 Å². The standard InChI is InChI=1S/C7H8F9O4P/c8-5(9,10)1-18-4-21(17,19-2-6(11,12)13)20-3-7(14,15)16/h1-4H2. The molecule has 0 atom stereocenters. The van der Waals surface area contributed by atoms with Crippen molar-refractivity contribution in [3.8, 4) is 0 Å². The van der Waals surface area contributed by atoms with E-state index in [1.807, 2.05) is 0 Å². The Morgan fingerprint density at radius 2 is 1.00 bits per heavy atom. The molecule has 0 N–H and O–H groups in total. The van der Waals surface area contributed by atoms with Gasteiger partial charge in [0.05, 0.1) is 0 Å². The molecule has 0 aromatic rings. The predicted molar refractivity (Wildman–Crippen MR) is 48.5 cm³/mol. The molecular formula is C7H8F9O4P. The maximum absolute atomic E-state index is 11.8. The lowest BCUT2D eigenvalue weighted by Crippen LogP contribution is -2.23. The molecule has 0 heterocycles. The molecule has 0 spiro atoms. The zero-order chi connectivity index (χ0) is 16.9. The van der Waals surface area contributed by atoms with Crippen molar-refractivity contribution in [2.24, 2.45) is 0 Å². The van der Waals surface area contributed by atoms with Crippen LogP contribution >= 0.6 is 7.60 Å². The Morgan fingerprint density at radius 1 is 0.667 bits per heavy atom. The minimum absolute atomic E-state index is 1.71. The summed E-state index contributed by atoms with van der Waals surface area (Å²) in [6.45, 7) is -6.57. The van der Waals surface area contributed by atoms with Crippen LogP contribution in [0.5, 0.6) is 0 Å². The molecule has 0 aromatic heterocycles. The monoisotopic (exact) mass is 358 g/mol. The van der Waals surface area contributed by atoms with Gasteiger partial charge in [0.15, 0.2) is 13.2 Å². The van der Waals surface area contributed by atoms with Crippen molar-refractivity contribution in [2.75, 3.05) is 26.2 Å². The second kappa shape index (κ2) is 7.16. The smallest absolute Gasteiger partial charge is 0.359 e. The topological polar surface area (TPSA) is 44.8 Å². The lowest BCUT2D eigenvalue weighted by molar-refractivity contribution is -0.177. The number of halogens is 9. The molecule has 0 saturated heterocycles. The minimum atomic E-state index is -5.16. The summed E-state index contributed by atoms with van der Waals surface area (Å²) in [4.78, 5) is 0. The highest BCUT2D eigenvalue weighted by Gasteiger charge is 2.39. The van der Waals surface area contributed by atoms with Crippen molar-refractivity contribution in [3.05, 3.63) is 0 Å². The molecular weight excluding hydrogens is 350 g/mol. The molecule has 14 heteroatoms. The fourth-order valence-electron chi connectivity index (χ4n) is 0.728. The Balaban J connectivity index is 4.63. The van der Waals surface area contributed by atoms with Gasteiger partial charge in [-0.05, 0) is 0 Å². The SMILES string of the molecule is O=P(COCC(F)(F)F)(OCC(F)(F)F)OCC(F)(F)F. The fourth-order valence-corrected chi connectivity index (χ4v) is 1.95. The van der Waals surface area contributed by atoms with E-state index in [2.05, 4.69) is 13.8 Å². The third-order valence-corrected chi connectivity index (χ3v) is 2.91. The molecule has 128 valence electrons. The van der Waals surface area contributed by atoms with Crippen molar-refractivity contribution in [2.45, 2.75) is 18.5 Å². The summed E-state index contributed by atoms with van der Waals surface area (Å²) in [6, 6.07) is 0. The highest BCUT2D eigenvalue weighted by Crippen LogP contribution is 2.50. The first-order valence-electron chi connectivity index (χ1n) is 4.78. The Kier molecular flexibility index (Phi) is 6.98. The summed E-state index contributed by atoms with van der Waals surface area (Å²) in [5.41, 5.74) is 0. The van der Waals surface area contributed by atoms with Gasteiger partial charge in [-0.25, -0.2) is 0 Å². The van der Waals surface area contributed by atoms with Crippen LogP contribution in [-0.2, 0) is 18.3 Å². The largest absolute Gasteiger partial charge is 0.412 e. The lowest BCUT2D eigenvalue weighted by Gasteiger charge is -2.20. The van der Waals surface area contributed by atoms with Gasteiger partial charge in [0.2, 0.25) is 0 Å². The fraction of sp³-hybridized carbons (Fsp3) is 1.00. The van der Waals surface area contributed by atoms with Gasteiger partial charge in [-0.15, -0.1) is 0 Å². The first-order valence-corrected chi connectivity index (χ1v) is 6.51. The number of rotatable bonds is 7. The van der Waals surface area contributed by atoms with Gasteiger partial charge >= 0.3 is 26.1 Å². The average molecular weight is 358 g/mol. The number of hydrogen-bond donors (Lipinski definition) is 0. The molecule has 0 aromatic carbocycles. The first-order chi connectivity index (χ1) is 9.12. The summed E-state index contributed by atoms with van der Waals surface area (Å²) in [5.74, 6) is 0. The third kappa shape index (κ3) is 12.9. The molecule has 0 bridgehead atoms. The molecule has 0 aliphatic heterocycles. The Labute approximate surface area is 111 Å². The number of ether oxygens (including phenoxy) is 1. The maximum Gasteiger partial charge on any atom is 0.412 e. The molecule has 0 aliphatic rings. The van der Waals surface area contributed by atoms with Crippen LogP contribution in [-0.4, -0.2) is 44.7 Å². The van der Waals surface area contributed by atoms with Crippen LogP contribution in [0.2, 0.25) is 0 Å². The molecule has 21 heavy (non-hydrogen) atoms. The zero-order valence-corrected chi connectivity index (χ0v) is 10.7. The lowest BCUT2D eigenvalue weighted by atomic mass is 10.7. The van der Waals surface area contributed by atoms with Crippen LogP contribution in [0, 0.1) is 0 Å². The molecule has 0 saturated carbocycles. The quantitative estimate of drug-likeness (QED) is 0.512. The van der Waals surface area contributed by atoms with Crippen LogP contribution in [0.25, 0.3) is 0 Å². The third-order valence-electron chi connectivity index (χ3n) is 1.36.